The van der Waals surface area contributed by atoms with Gasteiger partial charge < -0.3 is 10.1 Å². The van der Waals surface area contributed by atoms with E-state index < -0.39 is 0 Å². The normalized spacial score (nSPS) is 19.2. The Morgan fingerprint density at radius 2 is 2.16 bits per heavy atom. The van der Waals surface area contributed by atoms with Crippen LogP contribution in [0.4, 0.5) is 10.3 Å². The molecule has 0 unspecified atom stereocenters. The number of benzene rings is 2. The quantitative estimate of drug-likeness (QED) is 0.721. The molecule has 1 aliphatic rings. The van der Waals surface area contributed by atoms with E-state index in [1.807, 2.05) is 24.3 Å². The fourth-order valence-electron chi connectivity index (χ4n) is 3.14. The Balaban J connectivity index is 1.76. The molecule has 128 valence electrons. The Morgan fingerprint density at radius 3 is 3.00 bits per heavy atom. The van der Waals surface area contributed by atoms with Crippen molar-refractivity contribution < 1.29 is 9.13 Å². The predicted octanol–water partition coefficient (Wildman–Crippen LogP) is 3.73. The van der Waals surface area contributed by atoms with Gasteiger partial charge in [-0.15, -0.1) is 0 Å². The monoisotopic (exact) mass is 403 g/mol. The minimum Gasteiger partial charge on any atom is -0.497 e. The second kappa shape index (κ2) is 6.44. The number of hydrogen-bond donors (Lipinski definition) is 1. The van der Waals surface area contributed by atoms with Gasteiger partial charge in [0.1, 0.15) is 11.6 Å². The van der Waals surface area contributed by atoms with Gasteiger partial charge in [-0.25, -0.2) is 9.07 Å². The first kappa shape index (κ1) is 16.0. The van der Waals surface area contributed by atoms with Gasteiger partial charge in [0, 0.05) is 10.0 Å². The summed E-state index contributed by atoms with van der Waals surface area (Å²) in [6.45, 7) is 0. The number of nitrogens with zero attached hydrogens (tertiary/aromatic N) is 4. The predicted molar refractivity (Wildman–Crippen MR) is 94.0 cm³/mol. The van der Waals surface area contributed by atoms with Crippen molar-refractivity contribution in [2.75, 3.05) is 12.4 Å². The second-order valence-corrected chi connectivity index (χ2v) is 6.75. The van der Waals surface area contributed by atoms with Crippen molar-refractivity contribution >= 4 is 21.9 Å². The van der Waals surface area contributed by atoms with E-state index >= 15 is 0 Å². The molecule has 2 aromatic carbocycles. The van der Waals surface area contributed by atoms with Gasteiger partial charge >= 0.3 is 0 Å². The van der Waals surface area contributed by atoms with Crippen LogP contribution >= 0.6 is 15.9 Å². The number of methoxy groups -OCH3 is 1. The molecule has 0 spiro atoms. The molecule has 6 nitrogen and oxygen atoms in total. The number of ether oxygens (including phenoxy) is 1. The molecule has 25 heavy (non-hydrogen) atoms. The molecule has 1 N–H and O–H groups in total. The van der Waals surface area contributed by atoms with Crippen molar-refractivity contribution in [1.82, 2.24) is 20.2 Å². The lowest BCUT2D eigenvalue weighted by atomic mass is 9.93. The van der Waals surface area contributed by atoms with Crippen molar-refractivity contribution in [2.45, 2.75) is 18.5 Å². The maximum atomic E-state index is 14.5. The van der Waals surface area contributed by atoms with Gasteiger partial charge in [0.2, 0.25) is 5.95 Å². The van der Waals surface area contributed by atoms with Gasteiger partial charge in [-0.05, 0) is 52.7 Å². The first-order valence-electron chi connectivity index (χ1n) is 7.79. The van der Waals surface area contributed by atoms with Crippen LogP contribution in [0.1, 0.15) is 29.6 Å². The molecule has 2 heterocycles. The molecule has 4 rings (SSSR count). The topological polar surface area (TPSA) is 64.9 Å². The maximum Gasteiger partial charge on any atom is 0.243 e. The Bertz CT molecular complexity index is 916. The third-order valence-electron chi connectivity index (χ3n) is 4.36. The number of rotatable bonds is 3. The minimum absolute atomic E-state index is 0.0584. The average molecular weight is 404 g/mol. The van der Waals surface area contributed by atoms with Gasteiger partial charge in [-0.3, -0.25) is 0 Å². The highest BCUT2D eigenvalue weighted by molar-refractivity contribution is 9.10. The van der Waals surface area contributed by atoms with E-state index in [1.165, 1.54) is 6.07 Å². The van der Waals surface area contributed by atoms with Crippen molar-refractivity contribution in [2.24, 2.45) is 0 Å². The molecule has 8 heteroatoms. The zero-order chi connectivity index (χ0) is 17.4. The first-order valence-corrected chi connectivity index (χ1v) is 8.58. The number of hydrogen-bond acceptors (Lipinski definition) is 5. The minimum atomic E-state index is -0.306. The van der Waals surface area contributed by atoms with Gasteiger partial charge in [-0.2, -0.15) is 0 Å². The Labute approximate surface area is 152 Å². The zero-order valence-corrected chi connectivity index (χ0v) is 14.9. The van der Waals surface area contributed by atoms with Gasteiger partial charge in [0.05, 0.1) is 19.2 Å². The fraction of sp³-hybridized carbons (Fsp3) is 0.235. The summed E-state index contributed by atoms with van der Waals surface area (Å²) >= 11 is 3.41. The summed E-state index contributed by atoms with van der Waals surface area (Å²) in [5, 5.41) is 15.1. The van der Waals surface area contributed by atoms with Crippen molar-refractivity contribution in [3.63, 3.8) is 0 Å². The van der Waals surface area contributed by atoms with Crippen LogP contribution in [-0.2, 0) is 0 Å². The summed E-state index contributed by atoms with van der Waals surface area (Å²) in [5.41, 5.74) is 1.59. The van der Waals surface area contributed by atoms with Crippen LogP contribution in [-0.4, -0.2) is 27.3 Å². The van der Waals surface area contributed by atoms with Gasteiger partial charge in [0.25, 0.3) is 0 Å². The second-order valence-electron chi connectivity index (χ2n) is 5.84. The largest absolute Gasteiger partial charge is 0.497 e. The van der Waals surface area contributed by atoms with Gasteiger partial charge in [-0.1, -0.05) is 33.2 Å². The van der Waals surface area contributed by atoms with Crippen LogP contribution < -0.4 is 10.1 Å². The molecule has 0 amide bonds. The Kier molecular flexibility index (Phi) is 4.12. The van der Waals surface area contributed by atoms with E-state index in [4.69, 9.17) is 4.74 Å². The van der Waals surface area contributed by atoms with Crippen molar-refractivity contribution in [3.05, 3.63) is 63.9 Å². The average Bonchev–Trinajstić information content (AvgIpc) is 3.11. The number of halogens is 2. The highest BCUT2D eigenvalue weighted by Crippen LogP contribution is 2.39. The Hall–Kier alpha value is -2.48. The standard InChI is InChI=1S/C17H15BrFN5O/c1-25-12-4-2-3-10(7-12)15-9-16(24-17(20-15)21-22-23-24)13-8-11(18)5-6-14(13)19/h2-8,15-16H,9H2,1H3,(H,20,21,23)/t15-,16+/m0/s1. The third-order valence-corrected chi connectivity index (χ3v) is 4.86. The lowest BCUT2D eigenvalue weighted by Crippen LogP contribution is -2.28. The van der Waals surface area contributed by atoms with Crippen LogP contribution in [0, 0.1) is 5.82 Å². The summed E-state index contributed by atoms with van der Waals surface area (Å²) in [4.78, 5) is 0. The number of anilines is 1. The summed E-state index contributed by atoms with van der Waals surface area (Å²) in [6, 6.07) is 12.3. The summed E-state index contributed by atoms with van der Waals surface area (Å²) < 4.78 is 22.2. The summed E-state index contributed by atoms with van der Waals surface area (Å²) in [6.07, 6.45) is 0.610. The molecule has 3 aromatic rings. The molecule has 0 saturated heterocycles. The smallest absolute Gasteiger partial charge is 0.243 e. The molecule has 2 atom stereocenters. The Morgan fingerprint density at radius 1 is 1.28 bits per heavy atom. The summed E-state index contributed by atoms with van der Waals surface area (Å²) in [7, 11) is 1.63. The molecule has 0 bridgehead atoms. The molecule has 0 fully saturated rings. The van der Waals surface area contributed by atoms with Crippen LogP contribution in [0.3, 0.4) is 0 Å². The van der Waals surface area contributed by atoms with Crippen molar-refractivity contribution in [1.29, 1.82) is 0 Å². The molecule has 0 radical (unpaired) electrons. The van der Waals surface area contributed by atoms with Crippen LogP contribution in [0.2, 0.25) is 0 Å². The fourth-order valence-corrected chi connectivity index (χ4v) is 3.52. The molecule has 0 saturated carbocycles. The molecule has 1 aromatic heterocycles. The van der Waals surface area contributed by atoms with E-state index in [0.717, 1.165) is 15.8 Å². The summed E-state index contributed by atoms with van der Waals surface area (Å²) in [5.74, 6) is 1.01. The maximum absolute atomic E-state index is 14.5. The van der Waals surface area contributed by atoms with Gasteiger partial charge in [0.15, 0.2) is 0 Å². The SMILES string of the molecule is COc1cccc([C@@H]2C[C@H](c3cc(Br)ccc3F)n3nnnc3N2)c1. The lowest BCUT2D eigenvalue weighted by Gasteiger charge is -2.31. The van der Waals surface area contributed by atoms with E-state index in [1.54, 1.807) is 23.9 Å². The lowest BCUT2D eigenvalue weighted by molar-refractivity contribution is 0.402. The van der Waals surface area contributed by atoms with E-state index in [0.29, 0.717) is 17.9 Å². The highest BCUT2D eigenvalue weighted by Gasteiger charge is 2.32. The molecule has 1 aliphatic heterocycles. The molecule has 0 aliphatic carbocycles. The molecular weight excluding hydrogens is 389 g/mol. The van der Waals surface area contributed by atoms with Crippen molar-refractivity contribution in [3.8, 4) is 5.75 Å². The van der Waals surface area contributed by atoms with E-state index in [2.05, 4.69) is 36.8 Å². The van der Waals surface area contributed by atoms with E-state index in [-0.39, 0.29) is 17.9 Å². The highest BCUT2D eigenvalue weighted by atomic mass is 79.9. The molecular formula is C17H15BrFN5O. The third kappa shape index (κ3) is 2.97. The number of nitrogens with one attached hydrogen (secondary N) is 1. The number of aromatic nitrogens is 4. The van der Waals surface area contributed by atoms with E-state index in [9.17, 15) is 4.39 Å². The zero-order valence-electron chi connectivity index (χ0n) is 13.4. The first-order chi connectivity index (χ1) is 12.2. The number of tetrazole rings is 1. The van der Waals surface area contributed by atoms with Crippen LogP contribution in [0.25, 0.3) is 0 Å². The number of fused-ring (bicyclic) bond motifs is 1. The van der Waals surface area contributed by atoms with Crippen LogP contribution in [0.15, 0.2) is 46.9 Å². The van der Waals surface area contributed by atoms with Crippen LogP contribution in [0.5, 0.6) is 5.75 Å².